The lowest BCUT2D eigenvalue weighted by Gasteiger charge is -2.34. The zero-order chi connectivity index (χ0) is 18.8. The second-order valence-corrected chi connectivity index (χ2v) is 6.19. The van der Waals surface area contributed by atoms with Gasteiger partial charge in [0, 0.05) is 52.0 Å². The van der Waals surface area contributed by atoms with Crippen LogP contribution in [0.3, 0.4) is 0 Å². The monoisotopic (exact) mass is 358 g/mol. The fourth-order valence-corrected chi connectivity index (χ4v) is 2.93. The molecule has 2 rings (SSSR count). The Kier molecular flexibility index (Phi) is 8.09. The third kappa shape index (κ3) is 5.85. The van der Waals surface area contributed by atoms with E-state index < -0.39 is 0 Å². The van der Waals surface area contributed by atoms with Crippen LogP contribution in [0.1, 0.15) is 5.56 Å². The number of piperazine rings is 1. The van der Waals surface area contributed by atoms with Gasteiger partial charge in [-0.3, -0.25) is 9.69 Å². The summed E-state index contributed by atoms with van der Waals surface area (Å²) in [4.78, 5) is 18.2. The van der Waals surface area contributed by atoms with Gasteiger partial charge in [0.1, 0.15) is 11.6 Å². The van der Waals surface area contributed by atoms with Crippen LogP contribution >= 0.6 is 0 Å². The first kappa shape index (κ1) is 19.9. The lowest BCUT2D eigenvalue weighted by Crippen LogP contribution is -2.48. The van der Waals surface area contributed by atoms with E-state index in [4.69, 9.17) is 10.2 Å². The molecule has 1 amide bonds. The van der Waals surface area contributed by atoms with Crippen LogP contribution < -0.4 is 0 Å². The van der Waals surface area contributed by atoms with Gasteiger partial charge < -0.3 is 20.0 Å². The molecule has 7 nitrogen and oxygen atoms in total. The molecular weight excluding hydrogens is 332 g/mol. The van der Waals surface area contributed by atoms with Gasteiger partial charge in [-0.25, -0.2) is 0 Å². The maximum atomic E-state index is 12.6. The maximum Gasteiger partial charge on any atom is 0.266 e. The number of carbonyl (C=O) groups excluding carboxylic acids is 1. The summed E-state index contributed by atoms with van der Waals surface area (Å²) in [5, 5.41) is 27.4. The van der Waals surface area contributed by atoms with Crippen LogP contribution in [-0.2, 0) is 11.3 Å². The Hall–Kier alpha value is -2.40. The number of nitriles is 1. The van der Waals surface area contributed by atoms with Gasteiger partial charge in [0.15, 0.2) is 0 Å². The van der Waals surface area contributed by atoms with E-state index in [2.05, 4.69) is 17.0 Å². The smallest absolute Gasteiger partial charge is 0.266 e. The van der Waals surface area contributed by atoms with Crippen molar-refractivity contribution in [3.8, 4) is 6.07 Å². The fraction of sp³-hybridized carbons (Fsp3) is 0.474. The molecular formula is C19H26N4O3. The molecule has 1 fully saturated rings. The summed E-state index contributed by atoms with van der Waals surface area (Å²) in [7, 11) is 0. The van der Waals surface area contributed by atoms with Crippen molar-refractivity contribution < 1.29 is 15.0 Å². The molecule has 140 valence electrons. The van der Waals surface area contributed by atoms with E-state index in [1.807, 2.05) is 24.3 Å². The number of hydrogen-bond donors (Lipinski definition) is 2. The first-order valence-electron chi connectivity index (χ1n) is 8.81. The quantitative estimate of drug-likeness (QED) is 0.503. The molecule has 1 aromatic carbocycles. The largest absolute Gasteiger partial charge is 0.395 e. The van der Waals surface area contributed by atoms with Crippen LogP contribution in [0.25, 0.3) is 0 Å². The highest BCUT2D eigenvalue weighted by molar-refractivity contribution is 5.97. The molecule has 0 bridgehead atoms. The van der Waals surface area contributed by atoms with E-state index in [1.165, 1.54) is 11.8 Å². The van der Waals surface area contributed by atoms with E-state index in [9.17, 15) is 10.1 Å². The fourth-order valence-electron chi connectivity index (χ4n) is 2.93. The highest BCUT2D eigenvalue weighted by Crippen LogP contribution is 2.11. The van der Waals surface area contributed by atoms with Gasteiger partial charge in [-0.2, -0.15) is 5.26 Å². The van der Waals surface area contributed by atoms with E-state index in [0.29, 0.717) is 13.1 Å². The second-order valence-electron chi connectivity index (χ2n) is 6.19. The summed E-state index contributed by atoms with van der Waals surface area (Å²) >= 11 is 0. The number of rotatable bonds is 8. The first-order chi connectivity index (χ1) is 12.7. The van der Waals surface area contributed by atoms with Crippen LogP contribution in [0.15, 0.2) is 42.1 Å². The molecule has 26 heavy (non-hydrogen) atoms. The molecule has 0 unspecified atom stereocenters. The predicted octanol–water partition coefficient (Wildman–Crippen LogP) is 0.0249. The molecule has 0 spiro atoms. The maximum absolute atomic E-state index is 12.6. The van der Waals surface area contributed by atoms with Crippen molar-refractivity contribution in [2.24, 2.45) is 0 Å². The summed E-state index contributed by atoms with van der Waals surface area (Å²) in [6, 6.07) is 12.2. The molecule has 0 radical (unpaired) electrons. The molecule has 0 aromatic heterocycles. The molecule has 1 aliphatic heterocycles. The normalized spacial score (nSPS) is 15.6. The van der Waals surface area contributed by atoms with E-state index in [1.54, 1.807) is 9.80 Å². The van der Waals surface area contributed by atoms with Gasteiger partial charge in [0.2, 0.25) is 0 Å². The van der Waals surface area contributed by atoms with Gasteiger partial charge in [0.05, 0.1) is 13.2 Å². The van der Waals surface area contributed by atoms with E-state index in [0.717, 1.165) is 19.6 Å². The Morgan fingerprint density at radius 1 is 1.12 bits per heavy atom. The number of aliphatic hydroxyl groups is 2. The summed E-state index contributed by atoms with van der Waals surface area (Å²) < 4.78 is 0. The van der Waals surface area contributed by atoms with Crippen LogP contribution in [0.2, 0.25) is 0 Å². The van der Waals surface area contributed by atoms with Crippen molar-refractivity contribution in [3.63, 3.8) is 0 Å². The van der Waals surface area contributed by atoms with Crippen molar-refractivity contribution in [1.29, 1.82) is 5.26 Å². The highest BCUT2D eigenvalue weighted by atomic mass is 16.3. The van der Waals surface area contributed by atoms with Crippen molar-refractivity contribution in [2.45, 2.75) is 6.54 Å². The van der Waals surface area contributed by atoms with Gasteiger partial charge >= 0.3 is 0 Å². The van der Waals surface area contributed by atoms with Crippen LogP contribution in [0, 0.1) is 11.3 Å². The molecule has 0 saturated carbocycles. The van der Waals surface area contributed by atoms with Crippen molar-refractivity contribution in [1.82, 2.24) is 14.7 Å². The van der Waals surface area contributed by atoms with Gasteiger partial charge in [-0.1, -0.05) is 30.3 Å². The third-order valence-electron chi connectivity index (χ3n) is 4.35. The Morgan fingerprint density at radius 3 is 2.27 bits per heavy atom. The molecule has 1 heterocycles. The van der Waals surface area contributed by atoms with Gasteiger partial charge in [0.25, 0.3) is 5.91 Å². The summed E-state index contributed by atoms with van der Waals surface area (Å²) in [6.45, 7) is 3.84. The van der Waals surface area contributed by atoms with Gasteiger partial charge in [-0.15, -0.1) is 0 Å². The number of benzene rings is 1. The summed E-state index contributed by atoms with van der Waals surface area (Å²) in [5.41, 5.74) is 1.27. The molecule has 7 heteroatoms. The zero-order valence-corrected chi connectivity index (χ0v) is 14.9. The molecule has 1 saturated heterocycles. The average molecular weight is 358 g/mol. The molecule has 1 aromatic rings. The molecule has 0 aliphatic carbocycles. The number of amides is 1. The summed E-state index contributed by atoms with van der Waals surface area (Å²) in [6.07, 6.45) is 1.44. The predicted molar refractivity (Wildman–Crippen MR) is 97.7 cm³/mol. The number of nitrogens with zero attached hydrogens (tertiary/aromatic N) is 4. The number of carbonyl (C=O) groups is 1. The second kappa shape index (κ2) is 10.6. The minimum Gasteiger partial charge on any atom is -0.395 e. The topological polar surface area (TPSA) is 91.0 Å². The standard InChI is InChI=1S/C19H26N4O3/c20-14-18(16-22(10-12-24)11-13-25)19(26)23-8-6-21(7-9-23)15-17-4-2-1-3-5-17/h1-5,16,24-25H,6-13,15H2/b18-16-. The first-order valence-corrected chi connectivity index (χ1v) is 8.81. The Balaban J connectivity index is 1.92. The van der Waals surface area contributed by atoms with Crippen LogP contribution in [0.4, 0.5) is 0 Å². The third-order valence-corrected chi connectivity index (χ3v) is 4.35. The lowest BCUT2D eigenvalue weighted by atomic mass is 10.2. The zero-order valence-electron chi connectivity index (χ0n) is 14.9. The van der Waals surface area contributed by atoms with Crippen molar-refractivity contribution in [2.75, 3.05) is 52.5 Å². The lowest BCUT2D eigenvalue weighted by molar-refractivity contribution is -0.128. The number of aliphatic hydroxyl groups excluding tert-OH is 2. The SMILES string of the molecule is N#C/C(=C/N(CCO)CCO)C(=O)N1CCN(Cc2ccccc2)CC1. The highest BCUT2D eigenvalue weighted by Gasteiger charge is 2.24. The minimum absolute atomic E-state index is 0.0309. The van der Waals surface area contributed by atoms with E-state index in [-0.39, 0.29) is 37.8 Å². The van der Waals surface area contributed by atoms with Crippen LogP contribution in [0.5, 0.6) is 0 Å². The molecule has 1 aliphatic rings. The number of hydrogen-bond acceptors (Lipinski definition) is 6. The van der Waals surface area contributed by atoms with Crippen LogP contribution in [-0.4, -0.2) is 83.3 Å². The Morgan fingerprint density at radius 2 is 1.73 bits per heavy atom. The average Bonchev–Trinajstić information content (AvgIpc) is 2.67. The van der Waals surface area contributed by atoms with Crippen molar-refractivity contribution >= 4 is 5.91 Å². The van der Waals surface area contributed by atoms with Gasteiger partial charge in [-0.05, 0) is 5.56 Å². The molecule has 0 atom stereocenters. The summed E-state index contributed by atoms with van der Waals surface area (Å²) in [5.74, 6) is -0.298. The minimum atomic E-state index is -0.298. The van der Waals surface area contributed by atoms with Crippen molar-refractivity contribution in [3.05, 3.63) is 47.7 Å². The Bertz CT molecular complexity index is 628. The van der Waals surface area contributed by atoms with E-state index >= 15 is 0 Å². The Labute approximate surface area is 154 Å². The molecule has 2 N–H and O–H groups in total.